The van der Waals surface area contributed by atoms with Gasteiger partial charge in [-0.2, -0.15) is 13.2 Å². The first-order chi connectivity index (χ1) is 9.76. The fourth-order valence-electron chi connectivity index (χ4n) is 2.88. The molecule has 1 N–H and O–H groups in total. The highest BCUT2D eigenvalue weighted by molar-refractivity contribution is 5.21. The maximum atomic E-state index is 13.3. The molecule has 0 amide bonds. The van der Waals surface area contributed by atoms with Gasteiger partial charge in [-0.1, -0.05) is 44.2 Å². The van der Waals surface area contributed by atoms with E-state index in [1.54, 1.807) is 18.2 Å². The topological polar surface area (TPSA) is 21.3 Å². The Morgan fingerprint density at radius 1 is 1.29 bits per heavy atom. The first kappa shape index (κ1) is 16.3. The lowest BCUT2D eigenvalue weighted by atomic mass is 9.64. The van der Waals surface area contributed by atoms with E-state index in [-0.39, 0.29) is 23.1 Å². The SMILES string of the molecule is CCOC1CC(NC(c2ccccc2)C(F)(F)F)C1(C)C. The second kappa shape index (κ2) is 5.97. The van der Waals surface area contributed by atoms with Crippen LogP contribution in [-0.2, 0) is 4.74 Å². The van der Waals surface area contributed by atoms with E-state index in [4.69, 9.17) is 4.74 Å². The molecule has 3 unspecified atom stereocenters. The maximum Gasteiger partial charge on any atom is 0.407 e. The molecule has 1 aliphatic rings. The van der Waals surface area contributed by atoms with Crippen LogP contribution >= 0.6 is 0 Å². The van der Waals surface area contributed by atoms with Crippen LogP contribution < -0.4 is 5.32 Å². The van der Waals surface area contributed by atoms with E-state index in [1.165, 1.54) is 12.1 Å². The monoisotopic (exact) mass is 301 g/mol. The lowest BCUT2D eigenvalue weighted by molar-refractivity contribution is -0.177. The van der Waals surface area contributed by atoms with E-state index in [0.717, 1.165) is 0 Å². The molecule has 0 saturated heterocycles. The van der Waals surface area contributed by atoms with Gasteiger partial charge in [-0.15, -0.1) is 0 Å². The highest BCUT2D eigenvalue weighted by Gasteiger charge is 2.52. The minimum Gasteiger partial charge on any atom is -0.378 e. The van der Waals surface area contributed by atoms with Crippen LogP contribution in [0.2, 0.25) is 0 Å². The van der Waals surface area contributed by atoms with Crippen molar-refractivity contribution in [1.82, 2.24) is 5.32 Å². The number of halogens is 3. The summed E-state index contributed by atoms with van der Waals surface area (Å²) in [5, 5.41) is 2.78. The van der Waals surface area contributed by atoms with Crippen molar-refractivity contribution in [3.8, 4) is 0 Å². The number of hydrogen-bond donors (Lipinski definition) is 1. The Bertz CT molecular complexity index is 458. The molecule has 21 heavy (non-hydrogen) atoms. The summed E-state index contributed by atoms with van der Waals surface area (Å²) in [5.74, 6) is 0. The number of alkyl halides is 3. The molecular formula is C16H22F3NO. The van der Waals surface area contributed by atoms with Crippen molar-refractivity contribution in [3.05, 3.63) is 35.9 Å². The molecule has 0 radical (unpaired) electrons. The molecule has 2 rings (SSSR count). The van der Waals surface area contributed by atoms with Gasteiger partial charge in [0.25, 0.3) is 0 Å². The summed E-state index contributed by atoms with van der Waals surface area (Å²) < 4.78 is 45.6. The highest BCUT2D eigenvalue weighted by atomic mass is 19.4. The Morgan fingerprint density at radius 3 is 2.38 bits per heavy atom. The van der Waals surface area contributed by atoms with E-state index in [0.29, 0.717) is 13.0 Å². The lowest BCUT2D eigenvalue weighted by Crippen LogP contribution is -2.62. The number of benzene rings is 1. The van der Waals surface area contributed by atoms with Crippen molar-refractivity contribution in [3.63, 3.8) is 0 Å². The van der Waals surface area contributed by atoms with Gasteiger partial charge < -0.3 is 4.74 Å². The number of nitrogens with one attached hydrogen (secondary N) is 1. The third kappa shape index (κ3) is 3.40. The molecule has 3 atom stereocenters. The number of rotatable bonds is 5. The van der Waals surface area contributed by atoms with Crippen LogP contribution in [0.5, 0.6) is 0 Å². The van der Waals surface area contributed by atoms with Crippen LogP contribution in [-0.4, -0.2) is 24.9 Å². The molecule has 1 fully saturated rings. The van der Waals surface area contributed by atoms with Crippen molar-refractivity contribution in [2.24, 2.45) is 5.41 Å². The van der Waals surface area contributed by atoms with E-state index in [2.05, 4.69) is 5.32 Å². The molecule has 1 aliphatic carbocycles. The summed E-state index contributed by atoms with van der Waals surface area (Å²) in [6.07, 6.45) is -3.68. The zero-order chi connectivity index (χ0) is 15.7. The number of hydrogen-bond acceptors (Lipinski definition) is 2. The van der Waals surface area contributed by atoms with E-state index in [9.17, 15) is 13.2 Å². The third-order valence-electron chi connectivity index (χ3n) is 4.37. The van der Waals surface area contributed by atoms with Crippen LogP contribution in [0.3, 0.4) is 0 Å². The van der Waals surface area contributed by atoms with Gasteiger partial charge in [0.05, 0.1) is 6.10 Å². The fourth-order valence-corrected chi connectivity index (χ4v) is 2.88. The van der Waals surface area contributed by atoms with Crippen molar-refractivity contribution >= 4 is 0 Å². The molecule has 1 aromatic carbocycles. The van der Waals surface area contributed by atoms with Crippen LogP contribution in [0.25, 0.3) is 0 Å². The average molecular weight is 301 g/mol. The summed E-state index contributed by atoms with van der Waals surface area (Å²) in [4.78, 5) is 0. The van der Waals surface area contributed by atoms with Crippen molar-refractivity contribution in [2.45, 2.75) is 51.6 Å². The maximum absolute atomic E-state index is 13.3. The van der Waals surface area contributed by atoms with Crippen LogP contribution in [0, 0.1) is 5.41 Å². The quantitative estimate of drug-likeness (QED) is 0.884. The van der Waals surface area contributed by atoms with Gasteiger partial charge in [0.2, 0.25) is 0 Å². The van der Waals surface area contributed by atoms with Gasteiger partial charge in [0.1, 0.15) is 6.04 Å². The number of ether oxygens (including phenoxy) is 1. The van der Waals surface area contributed by atoms with Gasteiger partial charge >= 0.3 is 6.18 Å². The summed E-state index contributed by atoms with van der Waals surface area (Å²) in [5.41, 5.74) is -0.0467. The summed E-state index contributed by atoms with van der Waals surface area (Å²) >= 11 is 0. The van der Waals surface area contributed by atoms with Crippen molar-refractivity contribution in [2.75, 3.05) is 6.61 Å². The van der Waals surface area contributed by atoms with Gasteiger partial charge in [0, 0.05) is 18.1 Å². The van der Waals surface area contributed by atoms with Gasteiger partial charge in [-0.3, -0.25) is 5.32 Å². The van der Waals surface area contributed by atoms with Gasteiger partial charge in [0.15, 0.2) is 0 Å². The van der Waals surface area contributed by atoms with E-state index >= 15 is 0 Å². The van der Waals surface area contributed by atoms with Crippen molar-refractivity contribution in [1.29, 1.82) is 0 Å². The van der Waals surface area contributed by atoms with Crippen LogP contribution in [0.1, 0.15) is 38.8 Å². The normalized spacial score (nSPS) is 26.2. The zero-order valence-corrected chi connectivity index (χ0v) is 12.6. The first-order valence-corrected chi connectivity index (χ1v) is 7.26. The Balaban J connectivity index is 2.12. The average Bonchev–Trinajstić information content (AvgIpc) is 2.41. The summed E-state index contributed by atoms with van der Waals surface area (Å²) in [6, 6.07) is 6.16. The zero-order valence-electron chi connectivity index (χ0n) is 12.6. The Labute approximate surface area is 123 Å². The Kier molecular flexibility index (Phi) is 4.63. The largest absolute Gasteiger partial charge is 0.407 e. The molecule has 0 bridgehead atoms. The Morgan fingerprint density at radius 2 is 1.90 bits per heavy atom. The van der Waals surface area contributed by atoms with E-state index in [1.807, 2.05) is 20.8 Å². The van der Waals surface area contributed by atoms with Gasteiger partial charge in [-0.05, 0) is 18.9 Å². The molecular weight excluding hydrogens is 279 g/mol. The molecule has 0 spiro atoms. The molecule has 0 heterocycles. The highest BCUT2D eigenvalue weighted by Crippen LogP contribution is 2.45. The molecule has 1 aromatic rings. The predicted molar refractivity (Wildman–Crippen MR) is 76.0 cm³/mol. The molecule has 0 aromatic heterocycles. The fraction of sp³-hybridized carbons (Fsp3) is 0.625. The smallest absolute Gasteiger partial charge is 0.378 e. The standard InChI is InChI=1S/C16H22F3NO/c1-4-21-13-10-12(15(13,2)3)20-14(16(17,18)19)11-8-6-5-7-9-11/h5-9,12-14,20H,4,10H2,1-3H3. The van der Waals surface area contributed by atoms with Crippen LogP contribution in [0.4, 0.5) is 13.2 Å². The Hall–Kier alpha value is -1.07. The predicted octanol–water partition coefficient (Wildman–Crippen LogP) is 4.08. The third-order valence-corrected chi connectivity index (χ3v) is 4.37. The summed E-state index contributed by atoms with van der Waals surface area (Å²) in [6.45, 7) is 6.39. The van der Waals surface area contributed by atoms with Crippen molar-refractivity contribution < 1.29 is 17.9 Å². The molecule has 0 aliphatic heterocycles. The second-order valence-corrected chi connectivity index (χ2v) is 6.11. The van der Waals surface area contributed by atoms with E-state index < -0.39 is 12.2 Å². The molecule has 1 saturated carbocycles. The van der Waals surface area contributed by atoms with Crippen LogP contribution in [0.15, 0.2) is 30.3 Å². The first-order valence-electron chi connectivity index (χ1n) is 7.26. The minimum absolute atomic E-state index is 0.0182. The molecule has 2 nitrogen and oxygen atoms in total. The lowest BCUT2D eigenvalue weighted by Gasteiger charge is -2.53. The minimum atomic E-state index is -4.31. The van der Waals surface area contributed by atoms with Gasteiger partial charge in [-0.25, -0.2) is 0 Å². The summed E-state index contributed by atoms with van der Waals surface area (Å²) in [7, 11) is 0. The molecule has 118 valence electrons. The second-order valence-electron chi connectivity index (χ2n) is 6.11. The molecule has 5 heteroatoms.